The van der Waals surface area contributed by atoms with E-state index in [9.17, 15) is 8.42 Å². The van der Waals surface area contributed by atoms with Gasteiger partial charge in [-0.3, -0.25) is 4.55 Å². The lowest BCUT2D eigenvalue weighted by molar-refractivity contribution is 0.394. The maximum absolute atomic E-state index is 11.0. The largest absolute Gasteiger partial charge is 0.497 e. The number of ether oxygens (including phenoxy) is 2. The maximum Gasteiger partial charge on any atom is 0.264 e. The predicted molar refractivity (Wildman–Crippen MR) is 108 cm³/mol. The van der Waals surface area contributed by atoms with E-state index in [0.29, 0.717) is 30.9 Å². The van der Waals surface area contributed by atoms with Crippen molar-refractivity contribution in [3.05, 3.63) is 47.5 Å². The Hall–Kier alpha value is -2.25. The summed E-state index contributed by atoms with van der Waals surface area (Å²) in [6.45, 7) is 4.68. The number of hydrogen-bond acceptors (Lipinski definition) is 5. The van der Waals surface area contributed by atoms with Crippen molar-refractivity contribution in [1.82, 2.24) is 0 Å². The van der Waals surface area contributed by atoms with Gasteiger partial charge >= 0.3 is 0 Å². The zero-order chi connectivity index (χ0) is 20.0. The van der Waals surface area contributed by atoms with Crippen molar-refractivity contribution in [3.8, 4) is 11.5 Å². The highest BCUT2D eigenvalue weighted by Crippen LogP contribution is 2.34. The molecule has 0 radical (unpaired) electrons. The van der Waals surface area contributed by atoms with Crippen LogP contribution in [0.3, 0.4) is 0 Å². The van der Waals surface area contributed by atoms with Crippen LogP contribution in [-0.4, -0.2) is 39.5 Å². The van der Waals surface area contributed by atoms with Gasteiger partial charge < -0.3 is 14.4 Å². The Morgan fingerprint density at radius 2 is 1.59 bits per heavy atom. The Kier molecular flexibility index (Phi) is 7.10. The van der Waals surface area contributed by atoms with E-state index in [-0.39, 0.29) is 5.75 Å². The average molecular weight is 394 g/mol. The number of anilines is 2. The quantitative estimate of drug-likeness (QED) is 0.510. The highest BCUT2D eigenvalue weighted by atomic mass is 32.2. The van der Waals surface area contributed by atoms with Gasteiger partial charge in [-0.05, 0) is 38.3 Å². The van der Waals surface area contributed by atoms with Crippen LogP contribution >= 0.6 is 0 Å². The second-order valence-electron chi connectivity index (χ2n) is 6.51. The van der Waals surface area contributed by atoms with Crippen LogP contribution in [0.4, 0.5) is 11.4 Å². The predicted octanol–water partition coefficient (Wildman–Crippen LogP) is 4.13. The lowest BCUT2D eigenvalue weighted by Gasteiger charge is -2.28. The van der Waals surface area contributed by atoms with Crippen molar-refractivity contribution in [2.75, 3.05) is 31.4 Å². The lowest BCUT2D eigenvalue weighted by atomic mass is 10.1. The molecule has 27 heavy (non-hydrogen) atoms. The number of rotatable bonds is 9. The number of nitrogens with zero attached hydrogens (tertiary/aromatic N) is 1. The van der Waals surface area contributed by atoms with Gasteiger partial charge in [-0.2, -0.15) is 8.42 Å². The minimum absolute atomic E-state index is 0.241. The van der Waals surface area contributed by atoms with Gasteiger partial charge in [0, 0.05) is 36.1 Å². The van der Waals surface area contributed by atoms with E-state index < -0.39 is 10.1 Å². The highest BCUT2D eigenvalue weighted by molar-refractivity contribution is 7.85. The molecule has 148 valence electrons. The molecule has 0 aliphatic heterocycles. The lowest BCUT2D eigenvalue weighted by Crippen LogP contribution is -2.20. The van der Waals surface area contributed by atoms with Crippen molar-refractivity contribution >= 4 is 21.5 Å². The van der Waals surface area contributed by atoms with Gasteiger partial charge in [0.25, 0.3) is 10.1 Å². The molecule has 0 saturated heterocycles. The fourth-order valence-electron chi connectivity index (χ4n) is 3.00. The first-order valence-corrected chi connectivity index (χ1v) is 10.4. The van der Waals surface area contributed by atoms with Crippen LogP contribution in [0.25, 0.3) is 0 Å². The number of aryl methyl sites for hydroxylation is 2. The first-order valence-electron chi connectivity index (χ1n) is 8.76. The van der Waals surface area contributed by atoms with Gasteiger partial charge in [-0.1, -0.05) is 17.7 Å². The molecule has 6 nitrogen and oxygen atoms in total. The minimum Gasteiger partial charge on any atom is -0.497 e. The van der Waals surface area contributed by atoms with Crippen molar-refractivity contribution in [3.63, 3.8) is 0 Å². The molecule has 0 saturated carbocycles. The number of unbranched alkanes of at least 4 members (excludes halogenated alkanes) is 1. The fourth-order valence-corrected chi connectivity index (χ4v) is 3.57. The van der Waals surface area contributed by atoms with Crippen LogP contribution in [-0.2, 0) is 10.1 Å². The summed E-state index contributed by atoms with van der Waals surface area (Å²) in [7, 11) is -0.738. The first kappa shape index (κ1) is 21.1. The molecule has 7 heteroatoms. The van der Waals surface area contributed by atoms with Gasteiger partial charge in [-0.25, -0.2) is 0 Å². The summed E-state index contributed by atoms with van der Waals surface area (Å²) >= 11 is 0. The van der Waals surface area contributed by atoms with Gasteiger partial charge in [0.15, 0.2) is 0 Å². The Balaban J connectivity index is 2.37. The van der Waals surface area contributed by atoms with Crippen LogP contribution in [0.5, 0.6) is 11.5 Å². The van der Waals surface area contributed by atoms with Gasteiger partial charge in [0.1, 0.15) is 11.5 Å². The first-order chi connectivity index (χ1) is 12.7. The molecule has 2 aromatic carbocycles. The van der Waals surface area contributed by atoms with E-state index in [1.165, 1.54) is 5.56 Å². The molecule has 0 atom stereocenters. The van der Waals surface area contributed by atoms with E-state index >= 15 is 0 Å². The monoisotopic (exact) mass is 393 g/mol. The van der Waals surface area contributed by atoms with E-state index in [0.717, 1.165) is 16.9 Å². The normalized spacial score (nSPS) is 11.3. The van der Waals surface area contributed by atoms with E-state index in [1.807, 2.05) is 38.1 Å². The fraction of sp³-hybridized carbons (Fsp3) is 0.400. The Bertz CT molecular complexity index is 858. The van der Waals surface area contributed by atoms with E-state index in [4.69, 9.17) is 14.0 Å². The van der Waals surface area contributed by atoms with Gasteiger partial charge in [0.05, 0.1) is 20.0 Å². The van der Waals surface area contributed by atoms with Gasteiger partial charge in [0.2, 0.25) is 0 Å². The molecule has 2 aromatic rings. The molecule has 0 spiro atoms. The highest BCUT2D eigenvalue weighted by Gasteiger charge is 2.15. The summed E-state index contributed by atoms with van der Waals surface area (Å²) < 4.78 is 41.7. The summed E-state index contributed by atoms with van der Waals surface area (Å²) in [4.78, 5) is 2.11. The van der Waals surface area contributed by atoms with E-state index in [1.54, 1.807) is 14.2 Å². The van der Waals surface area contributed by atoms with Crippen LogP contribution < -0.4 is 14.4 Å². The van der Waals surface area contributed by atoms with Crippen LogP contribution in [0.15, 0.2) is 36.4 Å². The SMILES string of the molecule is COc1cc(OC)cc(N(CCCCS(=O)(=O)O)c2ccc(C)cc2C)c1. The summed E-state index contributed by atoms with van der Waals surface area (Å²) in [5, 5.41) is 0. The Morgan fingerprint density at radius 3 is 2.11 bits per heavy atom. The molecular formula is C20H27NO5S. The molecule has 0 amide bonds. The molecule has 0 heterocycles. The van der Waals surface area contributed by atoms with E-state index in [2.05, 4.69) is 17.0 Å². The molecule has 0 aromatic heterocycles. The molecule has 0 aliphatic rings. The van der Waals surface area contributed by atoms with Crippen LogP contribution in [0.1, 0.15) is 24.0 Å². The summed E-state index contributed by atoms with van der Waals surface area (Å²) in [5.74, 6) is 1.11. The molecule has 0 aliphatic carbocycles. The third-order valence-corrected chi connectivity index (χ3v) is 5.13. The van der Waals surface area contributed by atoms with Crippen molar-refractivity contribution < 1.29 is 22.4 Å². The Morgan fingerprint density at radius 1 is 0.963 bits per heavy atom. The second-order valence-corrected chi connectivity index (χ2v) is 8.08. The summed E-state index contributed by atoms with van der Waals surface area (Å²) in [6, 6.07) is 11.9. The third-order valence-electron chi connectivity index (χ3n) is 4.32. The van der Waals surface area contributed by atoms with Crippen molar-refractivity contribution in [1.29, 1.82) is 0 Å². The standard InChI is InChI=1S/C20H27NO5S/c1-15-7-8-20(16(2)11-15)21(9-5-6-10-27(22,23)24)17-12-18(25-3)14-19(13-17)26-4/h7-8,11-14H,5-6,9-10H2,1-4H3,(H,22,23,24). The smallest absolute Gasteiger partial charge is 0.264 e. The van der Waals surface area contributed by atoms with Crippen molar-refractivity contribution in [2.45, 2.75) is 26.7 Å². The molecular weight excluding hydrogens is 366 g/mol. The number of methoxy groups -OCH3 is 2. The average Bonchev–Trinajstić information content (AvgIpc) is 2.61. The van der Waals surface area contributed by atoms with Gasteiger partial charge in [-0.15, -0.1) is 0 Å². The van der Waals surface area contributed by atoms with Crippen LogP contribution in [0, 0.1) is 13.8 Å². The number of hydrogen-bond donors (Lipinski definition) is 1. The molecule has 1 N–H and O–H groups in total. The summed E-state index contributed by atoms with van der Waals surface area (Å²) in [6.07, 6.45) is 0.980. The third kappa shape index (κ3) is 6.15. The van der Waals surface area contributed by atoms with Crippen molar-refractivity contribution in [2.24, 2.45) is 0 Å². The Labute approximate surface area is 161 Å². The minimum atomic E-state index is -3.94. The molecule has 0 fully saturated rings. The zero-order valence-electron chi connectivity index (χ0n) is 16.2. The maximum atomic E-state index is 11.0. The second kappa shape index (κ2) is 9.10. The molecule has 0 bridgehead atoms. The zero-order valence-corrected chi connectivity index (χ0v) is 17.0. The molecule has 0 unspecified atom stereocenters. The molecule has 2 rings (SSSR count). The van der Waals surface area contributed by atoms with Crippen LogP contribution in [0.2, 0.25) is 0 Å². The summed E-state index contributed by atoms with van der Waals surface area (Å²) in [5.41, 5.74) is 4.21. The number of benzene rings is 2. The topological polar surface area (TPSA) is 76.1 Å².